The van der Waals surface area contributed by atoms with E-state index in [0.29, 0.717) is 11.3 Å². The Morgan fingerprint density at radius 3 is 2.26 bits per heavy atom. The van der Waals surface area contributed by atoms with Crippen molar-refractivity contribution in [1.82, 2.24) is 0 Å². The summed E-state index contributed by atoms with van der Waals surface area (Å²) in [5, 5.41) is 16.0. The van der Waals surface area contributed by atoms with Crippen molar-refractivity contribution in [2.24, 2.45) is 0 Å². The summed E-state index contributed by atoms with van der Waals surface area (Å²) in [4.78, 5) is 47.2. The summed E-state index contributed by atoms with van der Waals surface area (Å²) < 4.78 is 0. The number of nitrogens with zero attached hydrogens (tertiary/aromatic N) is 1. The number of carbonyl (C=O) groups excluding carboxylic acids is 3. The molecule has 156 valence electrons. The summed E-state index contributed by atoms with van der Waals surface area (Å²) in [7, 11) is 0. The van der Waals surface area contributed by atoms with Crippen LogP contribution >= 0.6 is 11.6 Å². The van der Waals surface area contributed by atoms with Gasteiger partial charge in [0, 0.05) is 23.4 Å². The Kier molecular flexibility index (Phi) is 6.42. The maximum absolute atomic E-state index is 12.8. The van der Waals surface area contributed by atoms with Crippen LogP contribution in [0.2, 0.25) is 5.02 Å². The Morgan fingerprint density at radius 2 is 1.58 bits per heavy atom. The standard InChI is InChI=1S/C22H16ClN3O5/c1-13(27)14-5-4-6-15(11-14)24-22(29)18-7-2-3-8-20(18)25-21(28)17-10-9-16(26(30)31)12-19(17)23/h2-12H,1H3,(H,24,29)(H,25,28). The molecule has 0 unspecified atom stereocenters. The van der Waals surface area contributed by atoms with E-state index in [9.17, 15) is 24.5 Å². The van der Waals surface area contributed by atoms with Gasteiger partial charge in [0.05, 0.1) is 26.8 Å². The van der Waals surface area contributed by atoms with Gasteiger partial charge in [-0.2, -0.15) is 0 Å². The lowest BCUT2D eigenvalue weighted by Gasteiger charge is -2.12. The Balaban J connectivity index is 1.82. The average molecular weight is 438 g/mol. The Bertz CT molecular complexity index is 1210. The van der Waals surface area contributed by atoms with E-state index in [4.69, 9.17) is 11.6 Å². The van der Waals surface area contributed by atoms with Crippen molar-refractivity contribution in [3.63, 3.8) is 0 Å². The summed E-state index contributed by atoms with van der Waals surface area (Å²) in [5.41, 5.74) is 1.07. The van der Waals surface area contributed by atoms with Crippen LogP contribution < -0.4 is 10.6 Å². The molecular formula is C22H16ClN3O5. The number of Topliss-reactive ketones (excluding diaryl/α,β-unsaturated/α-hetero) is 1. The number of amides is 2. The van der Waals surface area contributed by atoms with E-state index >= 15 is 0 Å². The summed E-state index contributed by atoms with van der Waals surface area (Å²) in [6.07, 6.45) is 0. The van der Waals surface area contributed by atoms with Crippen LogP contribution in [0.15, 0.2) is 66.7 Å². The molecule has 0 aliphatic carbocycles. The maximum atomic E-state index is 12.8. The Hall–Kier alpha value is -4.04. The second-order valence-electron chi connectivity index (χ2n) is 6.51. The Labute approximate surface area is 182 Å². The summed E-state index contributed by atoms with van der Waals surface area (Å²) in [6, 6.07) is 16.3. The molecule has 0 saturated heterocycles. The number of nitro groups is 1. The molecule has 0 spiro atoms. The molecule has 0 radical (unpaired) electrons. The van der Waals surface area contributed by atoms with Crippen LogP contribution in [-0.2, 0) is 0 Å². The zero-order valence-corrected chi connectivity index (χ0v) is 17.0. The molecule has 0 aliphatic rings. The summed E-state index contributed by atoms with van der Waals surface area (Å²) in [5.74, 6) is -1.26. The minimum Gasteiger partial charge on any atom is -0.322 e. The van der Waals surface area contributed by atoms with E-state index in [1.54, 1.807) is 36.4 Å². The molecule has 8 nitrogen and oxygen atoms in total. The number of nitro benzene ring substituents is 1. The predicted molar refractivity (Wildman–Crippen MR) is 117 cm³/mol. The average Bonchev–Trinajstić information content (AvgIpc) is 2.74. The van der Waals surface area contributed by atoms with Crippen molar-refractivity contribution in [2.75, 3.05) is 10.6 Å². The minimum absolute atomic E-state index is 0.0247. The molecular weight excluding hydrogens is 422 g/mol. The molecule has 0 fully saturated rings. The SMILES string of the molecule is CC(=O)c1cccc(NC(=O)c2ccccc2NC(=O)c2ccc([N+](=O)[O-])cc2Cl)c1. The molecule has 31 heavy (non-hydrogen) atoms. The zero-order valence-electron chi connectivity index (χ0n) is 16.2. The van der Waals surface area contributed by atoms with Crippen molar-refractivity contribution in [2.45, 2.75) is 6.92 Å². The van der Waals surface area contributed by atoms with Gasteiger partial charge in [-0.05, 0) is 37.3 Å². The molecule has 2 amide bonds. The lowest BCUT2D eigenvalue weighted by Crippen LogP contribution is -2.18. The van der Waals surface area contributed by atoms with Crippen LogP contribution in [0.1, 0.15) is 38.0 Å². The van der Waals surface area contributed by atoms with Gasteiger partial charge in [-0.1, -0.05) is 35.9 Å². The zero-order chi connectivity index (χ0) is 22.5. The number of nitrogens with one attached hydrogen (secondary N) is 2. The van der Waals surface area contributed by atoms with Crippen LogP contribution in [-0.4, -0.2) is 22.5 Å². The van der Waals surface area contributed by atoms with Gasteiger partial charge >= 0.3 is 0 Å². The molecule has 3 aromatic carbocycles. The number of para-hydroxylation sites is 1. The van der Waals surface area contributed by atoms with E-state index in [-0.39, 0.29) is 33.3 Å². The third kappa shape index (κ3) is 5.12. The monoisotopic (exact) mass is 437 g/mol. The van der Waals surface area contributed by atoms with E-state index in [2.05, 4.69) is 10.6 Å². The van der Waals surface area contributed by atoms with Gasteiger partial charge < -0.3 is 10.6 Å². The van der Waals surface area contributed by atoms with E-state index in [1.165, 1.54) is 31.2 Å². The number of anilines is 2. The van der Waals surface area contributed by atoms with E-state index in [0.717, 1.165) is 6.07 Å². The van der Waals surface area contributed by atoms with E-state index < -0.39 is 16.7 Å². The summed E-state index contributed by atoms with van der Waals surface area (Å²) in [6.45, 7) is 1.43. The molecule has 0 aromatic heterocycles. The number of hydrogen-bond acceptors (Lipinski definition) is 5. The number of rotatable bonds is 6. The number of ketones is 1. The number of carbonyl (C=O) groups is 3. The Morgan fingerprint density at radius 1 is 0.871 bits per heavy atom. The van der Waals surface area contributed by atoms with Crippen LogP contribution in [0.4, 0.5) is 17.1 Å². The topological polar surface area (TPSA) is 118 Å². The molecule has 3 rings (SSSR count). The third-order valence-electron chi connectivity index (χ3n) is 4.35. The second kappa shape index (κ2) is 9.19. The lowest BCUT2D eigenvalue weighted by atomic mass is 10.1. The number of halogens is 1. The first-order valence-corrected chi connectivity index (χ1v) is 9.40. The van der Waals surface area contributed by atoms with Crippen molar-refractivity contribution in [3.8, 4) is 0 Å². The second-order valence-corrected chi connectivity index (χ2v) is 6.92. The van der Waals surface area contributed by atoms with Gasteiger partial charge in [0.15, 0.2) is 5.78 Å². The van der Waals surface area contributed by atoms with Gasteiger partial charge in [-0.15, -0.1) is 0 Å². The first kappa shape index (κ1) is 21.7. The molecule has 2 N–H and O–H groups in total. The molecule has 9 heteroatoms. The lowest BCUT2D eigenvalue weighted by molar-refractivity contribution is -0.384. The quantitative estimate of drug-likeness (QED) is 0.321. The highest BCUT2D eigenvalue weighted by Crippen LogP contribution is 2.25. The van der Waals surface area contributed by atoms with Gasteiger partial charge in [0.1, 0.15) is 0 Å². The van der Waals surface area contributed by atoms with Crippen LogP contribution in [0, 0.1) is 10.1 Å². The molecule has 0 atom stereocenters. The van der Waals surface area contributed by atoms with Crippen LogP contribution in [0.5, 0.6) is 0 Å². The highest BCUT2D eigenvalue weighted by molar-refractivity contribution is 6.34. The van der Waals surface area contributed by atoms with Crippen molar-refractivity contribution < 1.29 is 19.3 Å². The maximum Gasteiger partial charge on any atom is 0.270 e. The van der Waals surface area contributed by atoms with Crippen LogP contribution in [0.3, 0.4) is 0 Å². The van der Waals surface area contributed by atoms with Crippen molar-refractivity contribution in [1.29, 1.82) is 0 Å². The first-order valence-electron chi connectivity index (χ1n) is 9.03. The fraction of sp³-hybridized carbons (Fsp3) is 0.0455. The fourth-order valence-electron chi connectivity index (χ4n) is 2.80. The first-order chi connectivity index (χ1) is 14.8. The number of non-ortho nitro benzene ring substituents is 1. The third-order valence-corrected chi connectivity index (χ3v) is 4.67. The molecule has 0 saturated carbocycles. The molecule has 0 aliphatic heterocycles. The predicted octanol–water partition coefficient (Wildman–Crippen LogP) is 4.96. The largest absolute Gasteiger partial charge is 0.322 e. The van der Waals surface area contributed by atoms with Crippen LogP contribution in [0.25, 0.3) is 0 Å². The number of benzene rings is 3. The van der Waals surface area contributed by atoms with Crippen molar-refractivity contribution >= 4 is 46.3 Å². The smallest absolute Gasteiger partial charge is 0.270 e. The van der Waals surface area contributed by atoms with Crippen molar-refractivity contribution in [3.05, 3.63) is 98.6 Å². The van der Waals surface area contributed by atoms with Gasteiger partial charge in [0.25, 0.3) is 17.5 Å². The minimum atomic E-state index is -0.626. The normalized spacial score (nSPS) is 10.3. The van der Waals surface area contributed by atoms with Gasteiger partial charge in [0.2, 0.25) is 0 Å². The highest BCUT2D eigenvalue weighted by atomic mass is 35.5. The molecule has 3 aromatic rings. The van der Waals surface area contributed by atoms with E-state index in [1.807, 2.05) is 0 Å². The highest BCUT2D eigenvalue weighted by Gasteiger charge is 2.18. The molecule has 0 heterocycles. The summed E-state index contributed by atoms with van der Waals surface area (Å²) >= 11 is 6.01. The fourth-order valence-corrected chi connectivity index (χ4v) is 3.06. The van der Waals surface area contributed by atoms with Gasteiger partial charge in [-0.3, -0.25) is 24.5 Å². The van der Waals surface area contributed by atoms with Gasteiger partial charge in [-0.25, -0.2) is 0 Å². The molecule has 0 bridgehead atoms. The number of hydrogen-bond donors (Lipinski definition) is 2.